The van der Waals surface area contributed by atoms with E-state index >= 15 is 0 Å². The van der Waals surface area contributed by atoms with E-state index < -0.39 is 60.4 Å². The van der Waals surface area contributed by atoms with Gasteiger partial charge in [-0.2, -0.15) is 0 Å². The predicted octanol–water partition coefficient (Wildman–Crippen LogP) is -1.07. The summed E-state index contributed by atoms with van der Waals surface area (Å²) in [5, 5.41) is 31.6. The molecular weight excluding hydrogens is 508 g/mol. The summed E-state index contributed by atoms with van der Waals surface area (Å²) in [5.41, 5.74) is 5.77. The Bertz CT molecular complexity index is 1180. The van der Waals surface area contributed by atoms with Gasteiger partial charge >= 0.3 is 5.69 Å². The van der Waals surface area contributed by atoms with Crippen LogP contribution in [0.2, 0.25) is 0 Å². The number of nitrogens with zero attached hydrogens (tertiary/aromatic N) is 2. The zero-order valence-electron chi connectivity index (χ0n) is 21.7. The van der Waals surface area contributed by atoms with E-state index in [2.05, 4.69) is 34.1 Å². The van der Waals surface area contributed by atoms with E-state index in [4.69, 9.17) is 19.9 Å². The molecule has 0 bridgehead atoms. The molecule has 5 rings (SSSR count). The molecule has 0 saturated carbocycles. The summed E-state index contributed by atoms with van der Waals surface area (Å²) in [6, 6.07) is 11.6. The van der Waals surface area contributed by atoms with Crippen molar-refractivity contribution in [2.75, 3.05) is 26.2 Å². The Balaban J connectivity index is 1.27. The van der Waals surface area contributed by atoms with E-state index in [9.17, 15) is 24.9 Å². The third kappa shape index (κ3) is 6.50. The fourth-order valence-electron chi connectivity index (χ4n) is 5.82. The number of aromatic amines is 1. The van der Waals surface area contributed by atoms with Crippen LogP contribution in [0.5, 0.6) is 0 Å². The highest BCUT2D eigenvalue weighted by Crippen LogP contribution is 2.33. The van der Waals surface area contributed by atoms with Gasteiger partial charge in [-0.3, -0.25) is 14.3 Å². The van der Waals surface area contributed by atoms with Crippen LogP contribution in [0.15, 0.2) is 52.2 Å². The van der Waals surface area contributed by atoms with E-state index in [0.717, 1.165) is 36.9 Å². The number of nitrogens with two attached hydrogens (primary N) is 1. The lowest BCUT2D eigenvalue weighted by molar-refractivity contribution is -0.218. The van der Waals surface area contributed by atoms with Crippen molar-refractivity contribution in [3.05, 3.63) is 69.0 Å². The number of aliphatic hydroxyl groups is 3. The van der Waals surface area contributed by atoms with Gasteiger partial charge in [0.25, 0.3) is 5.56 Å². The Kier molecular flexibility index (Phi) is 8.94. The van der Waals surface area contributed by atoms with E-state index in [1.165, 1.54) is 17.8 Å². The first-order valence-electron chi connectivity index (χ1n) is 13.6. The van der Waals surface area contributed by atoms with Crippen molar-refractivity contribution in [3.8, 4) is 0 Å². The van der Waals surface area contributed by atoms with Crippen molar-refractivity contribution in [3.63, 3.8) is 0 Å². The third-order valence-electron chi connectivity index (χ3n) is 8.03. The number of ether oxygens (including phenoxy) is 3. The van der Waals surface area contributed by atoms with Crippen LogP contribution in [0.4, 0.5) is 0 Å². The lowest BCUT2D eigenvalue weighted by Crippen LogP contribution is -2.47. The molecule has 3 fully saturated rings. The standard InChI is InChI=1S/C27H38N4O8/c28-14-20-23(34)24(35)26(38-20)39-21(15-30-9-6-17(7-10-30)12-16-4-2-1-3-5-16)19-13-18(32)25(37-19)31-11-8-22(33)29-27(31)36/h1-5,8,11,17-21,23-26,32,34-35H,6-7,9-10,12-15,28H2,(H,29,33,36)/t18-,19+,20-,21+,23-,24-,25-,26+/m1/s1. The Morgan fingerprint density at radius 1 is 1.05 bits per heavy atom. The molecule has 1 aromatic carbocycles. The van der Waals surface area contributed by atoms with Crippen LogP contribution in [-0.4, -0.2) is 98.9 Å². The van der Waals surface area contributed by atoms with Crippen LogP contribution >= 0.6 is 0 Å². The largest absolute Gasteiger partial charge is 0.388 e. The molecule has 0 radical (unpaired) electrons. The van der Waals surface area contributed by atoms with Crippen LogP contribution in [0.25, 0.3) is 0 Å². The number of rotatable bonds is 9. The number of aromatic nitrogens is 2. The van der Waals surface area contributed by atoms with Crippen LogP contribution in [0.1, 0.15) is 31.1 Å². The molecule has 3 aliphatic rings. The summed E-state index contributed by atoms with van der Waals surface area (Å²) >= 11 is 0. The number of benzene rings is 1. The minimum atomic E-state index is -1.29. The summed E-state index contributed by atoms with van der Waals surface area (Å²) in [6.07, 6.45) is -3.17. The maximum absolute atomic E-state index is 12.3. The smallest absolute Gasteiger partial charge is 0.330 e. The number of hydrogen-bond acceptors (Lipinski definition) is 10. The van der Waals surface area contributed by atoms with Gasteiger partial charge in [0.05, 0.1) is 12.2 Å². The highest BCUT2D eigenvalue weighted by Gasteiger charge is 2.47. The summed E-state index contributed by atoms with van der Waals surface area (Å²) in [7, 11) is 0. The van der Waals surface area contributed by atoms with Gasteiger partial charge in [0.1, 0.15) is 24.4 Å². The molecule has 0 spiro atoms. The monoisotopic (exact) mass is 546 g/mol. The van der Waals surface area contributed by atoms with Gasteiger partial charge in [-0.1, -0.05) is 30.3 Å². The first-order valence-corrected chi connectivity index (χ1v) is 13.6. The number of nitrogens with one attached hydrogen (secondary N) is 1. The first-order chi connectivity index (χ1) is 18.8. The van der Waals surface area contributed by atoms with Crippen molar-refractivity contribution < 1.29 is 29.5 Å². The second kappa shape index (κ2) is 12.4. The molecule has 6 N–H and O–H groups in total. The normalized spacial score (nSPS) is 33.0. The number of likely N-dealkylation sites (tertiary alicyclic amines) is 1. The molecule has 8 atom stereocenters. The second-order valence-corrected chi connectivity index (χ2v) is 10.8. The van der Waals surface area contributed by atoms with Crippen molar-refractivity contribution in [2.24, 2.45) is 11.7 Å². The first kappa shape index (κ1) is 28.1. The van der Waals surface area contributed by atoms with E-state index in [1.54, 1.807) is 0 Å². The quantitative estimate of drug-likeness (QED) is 0.261. The molecule has 3 aliphatic heterocycles. The average Bonchev–Trinajstić information content (AvgIpc) is 3.44. The minimum absolute atomic E-state index is 0.0214. The summed E-state index contributed by atoms with van der Waals surface area (Å²) in [4.78, 5) is 28.3. The SMILES string of the molecule is NC[C@H]1O[C@@H](O[C@@H](CN2CCC(Cc3ccccc3)CC2)[C@@H]2C[C@@H](O)[C@H](n3ccc(=O)[nH]c3=O)O2)[C@H](O)[C@@H]1O. The lowest BCUT2D eigenvalue weighted by Gasteiger charge is -2.36. The van der Waals surface area contributed by atoms with Crippen LogP contribution in [0.3, 0.4) is 0 Å². The lowest BCUT2D eigenvalue weighted by atomic mass is 9.90. The van der Waals surface area contributed by atoms with Crippen LogP contribution in [0, 0.1) is 5.92 Å². The predicted molar refractivity (Wildman–Crippen MR) is 140 cm³/mol. The Hall–Kier alpha value is -2.42. The van der Waals surface area contributed by atoms with Crippen molar-refractivity contribution in [1.29, 1.82) is 0 Å². The molecule has 0 unspecified atom stereocenters. The zero-order chi connectivity index (χ0) is 27.5. The Labute approximate surface area is 225 Å². The second-order valence-electron chi connectivity index (χ2n) is 10.8. The molecule has 12 nitrogen and oxygen atoms in total. The molecule has 3 saturated heterocycles. The van der Waals surface area contributed by atoms with Gasteiger partial charge in [-0.15, -0.1) is 0 Å². The third-order valence-corrected chi connectivity index (χ3v) is 8.03. The number of hydrogen-bond donors (Lipinski definition) is 5. The maximum atomic E-state index is 12.3. The van der Waals surface area contributed by atoms with E-state index in [-0.39, 0.29) is 13.0 Å². The van der Waals surface area contributed by atoms with Gasteiger partial charge in [0, 0.05) is 31.8 Å². The fraction of sp³-hybridized carbons (Fsp3) is 0.630. The molecular formula is C27H38N4O8. The molecule has 2 aromatic rings. The number of aliphatic hydroxyl groups excluding tert-OH is 3. The minimum Gasteiger partial charge on any atom is -0.388 e. The average molecular weight is 547 g/mol. The summed E-state index contributed by atoms with van der Waals surface area (Å²) in [6.45, 7) is 2.15. The Morgan fingerprint density at radius 3 is 2.46 bits per heavy atom. The van der Waals surface area contributed by atoms with Crippen molar-refractivity contribution in [1.82, 2.24) is 14.5 Å². The Morgan fingerprint density at radius 2 is 1.79 bits per heavy atom. The summed E-state index contributed by atoms with van der Waals surface area (Å²) < 4.78 is 19.2. The van der Waals surface area contributed by atoms with Gasteiger partial charge in [-0.05, 0) is 43.8 Å². The highest BCUT2D eigenvalue weighted by atomic mass is 16.7. The van der Waals surface area contributed by atoms with Crippen LogP contribution in [-0.2, 0) is 20.6 Å². The highest BCUT2D eigenvalue weighted by molar-refractivity contribution is 5.15. The van der Waals surface area contributed by atoms with E-state index in [0.29, 0.717) is 12.5 Å². The van der Waals surface area contributed by atoms with Crippen molar-refractivity contribution in [2.45, 2.75) is 74.8 Å². The molecule has 214 valence electrons. The number of piperidine rings is 1. The number of H-pyrrole nitrogens is 1. The molecule has 0 amide bonds. The fourth-order valence-corrected chi connectivity index (χ4v) is 5.82. The van der Waals surface area contributed by atoms with Gasteiger partial charge in [0.2, 0.25) is 0 Å². The van der Waals surface area contributed by atoms with E-state index in [1.807, 2.05) is 6.07 Å². The topological polar surface area (TPSA) is 172 Å². The maximum Gasteiger partial charge on any atom is 0.330 e. The summed E-state index contributed by atoms with van der Waals surface area (Å²) in [5.74, 6) is 0.574. The molecule has 12 heteroatoms. The molecule has 39 heavy (non-hydrogen) atoms. The van der Waals surface area contributed by atoms with Gasteiger partial charge < -0.3 is 40.2 Å². The van der Waals surface area contributed by atoms with Crippen LogP contribution < -0.4 is 17.0 Å². The zero-order valence-corrected chi connectivity index (χ0v) is 21.7. The van der Waals surface area contributed by atoms with Gasteiger partial charge in [-0.25, -0.2) is 4.79 Å². The molecule has 0 aliphatic carbocycles. The van der Waals surface area contributed by atoms with Gasteiger partial charge in [0.15, 0.2) is 12.5 Å². The van der Waals surface area contributed by atoms with Crippen molar-refractivity contribution >= 4 is 0 Å². The molecule has 1 aromatic heterocycles. The molecule has 4 heterocycles.